The van der Waals surface area contributed by atoms with Crippen LogP contribution in [0.2, 0.25) is 0 Å². The standard InChI is InChI=1S/C25H26N2O4.Na.H/c1-16-5-6-19(14-26-16)24(28)15-27-21-9-7-17-8-10-23(13-20(17)11-21)31-22-4-2-3-18(12-22)25(29)30;;/h2-6,8,10,12-14,21,24,27-28H,7,9,11,15H2,1H3,(H,29,30);;/t21-,24+;;/m0../s1. The molecule has 1 aliphatic rings. The Kier molecular flexibility index (Phi) is 8.45. The fraction of sp³-hybridized carbons (Fsp3) is 0.280. The number of aromatic nitrogens is 1. The summed E-state index contributed by atoms with van der Waals surface area (Å²) < 4.78 is 5.91. The number of nitrogens with one attached hydrogen (secondary N) is 1. The van der Waals surface area contributed by atoms with Gasteiger partial charge in [0.05, 0.1) is 11.7 Å². The number of fused-ring (bicyclic) bond motifs is 1. The van der Waals surface area contributed by atoms with Crippen LogP contribution in [0.25, 0.3) is 0 Å². The molecule has 6 nitrogen and oxygen atoms in total. The summed E-state index contributed by atoms with van der Waals surface area (Å²) in [4.78, 5) is 15.4. The van der Waals surface area contributed by atoms with Crippen molar-refractivity contribution in [3.05, 3.63) is 88.7 Å². The average Bonchev–Trinajstić information content (AvgIpc) is 2.78. The zero-order valence-electron chi connectivity index (χ0n) is 17.4. The third-order valence-electron chi connectivity index (χ3n) is 5.64. The van der Waals surface area contributed by atoms with Crippen LogP contribution < -0.4 is 10.1 Å². The van der Waals surface area contributed by atoms with Crippen LogP contribution in [-0.4, -0.2) is 63.3 Å². The van der Waals surface area contributed by atoms with E-state index in [9.17, 15) is 9.90 Å². The van der Waals surface area contributed by atoms with Crippen molar-refractivity contribution in [2.24, 2.45) is 0 Å². The van der Waals surface area contributed by atoms with Gasteiger partial charge in [-0.2, -0.15) is 0 Å². The van der Waals surface area contributed by atoms with Crippen LogP contribution in [-0.2, 0) is 12.8 Å². The van der Waals surface area contributed by atoms with Gasteiger partial charge >= 0.3 is 35.5 Å². The van der Waals surface area contributed by atoms with E-state index in [0.29, 0.717) is 18.0 Å². The summed E-state index contributed by atoms with van der Waals surface area (Å²) in [6, 6.07) is 16.6. The van der Waals surface area contributed by atoms with Crippen molar-refractivity contribution in [2.75, 3.05) is 6.54 Å². The summed E-state index contributed by atoms with van der Waals surface area (Å²) in [5, 5.41) is 23.1. The second-order valence-electron chi connectivity index (χ2n) is 7.96. The first kappa shape index (κ1) is 24.4. The maximum absolute atomic E-state index is 11.2. The number of carboxylic acid groups (broad SMARTS) is 1. The molecular formula is C25H27N2NaO4. The fourth-order valence-corrected chi connectivity index (χ4v) is 3.87. The zero-order chi connectivity index (χ0) is 21.8. The van der Waals surface area contributed by atoms with E-state index in [1.807, 2.05) is 31.2 Å². The molecule has 4 rings (SSSR count). The van der Waals surface area contributed by atoms with Gasteiger partial charge in [-0.25, -0.2) is 4.79 Å². The van der Waals surface area contributed by atoms with Gasteiger partial charge in [0, 0.05) is 30.0 Å². The molecule has 1 heterocycles. The molecule has 2 aromatic carbocycles. The van der Waals surface area contributed by atoms with Crippen LogP contribution in [0.3, 0.4) is 0 Å². The van der Waals surface area contributed by atoms with E-state index in [1.54, 1.807) is 24.4 Å². The molecule has 0 saturated heterocycles. The second-order valence-corrected chi connectivity index (χ2v) is 7.96. The summed E-state index contributed by atoms with van der Waals surface area (Å²) in [7, 11) is 0. The van der Waals surface area contributed by atoms with Gasteiger partial charge in [0.15, 0.2) is 0 Å². The summed E-state index contributed by atoms with van der Waals surface area (Å²) >= 11 is 0. The van der Waals surface area contributed by atoms with Gasteiger partial charge in [-0.15, -0.1) is 0 Å². The number of carboxylic acids is 1. The predicted molar refractivity (Wildman–Crippen MR) is 125 cm³/mol. The van der Waals surface area contributed by atoms with Gasteiger partial charge in [-0.1, -0.05) is 18.2 Å². The van der Waals surface area contributed by atoms with Crippen molar-refractivity contribution < 1.29 is 19.7 Å². The molecule has 0 fully saturated rings. The van der Waals surface area contributed by atoms with Crippen molar-refractivity contribution in [2.45, 2.75) is 38.3 Å². The van der Waals surface area contributed by atoms with Crippen LogP contribution >= 0.6 is 0 Å². The first-order valence-electron chi connectivity index (χ1n) is 10.4. The van der Waals surface area contributed by atoms with E-state index in [2.05, 4.69) is 16.4 Å². The quantitative estimate of drug-likeness (QED) is 0.486. The zero-order valence-corrected chi connectivity index (χ0v) is 17.4. The number of carbonyl (C=O) groups is 1. The number of nitrogens with zero attached hydrogens (tertiary/aromatic N) is 1. The third-order valence-corrected chi connectivity index (χ3v) is 5.64. The number of ether oxygens (including phenoxy) is 1. The Bertz CT molecular complexity index is 1070. The molecule has 3 N–H and O–H groups in total. The van der Waals surface area contributed by atoms with Crippen LogP contribution in [0.15, 0.2) is 60.8 Å². The summed E-state index contributed by atoms with van der Waals surface area (Å²) in [6.07, 6.45) is 3.95. The Morgan fingerprint density at radius 2 is 1.97 bits per heavy atom. The van der Waals surface area contributed by atoms with Gasteiger partial charge in [0.1, 0.15) is 11.5 Å². The van der Waals surface area contributed by atoms with Crippen molar-refractivity contribution >= 4 is 35.5 Å². The SMILES string of the molecule is Cc1ccc([C@H](O)CN[C@H]2CCc3ccc(Oc4cccc(C(=O)O)c4)cc3C2)cn1.[NaH]. The van der Waals surface area contributed by atoms with E-state index in [1.165, 1.54) is 17.2 Å². The Hall–Kier alpha value is -2.22. The molecule has 3 aromatic rings. The number of aliphatic hydroxyl groups excluding tert-OH is 1. The molecule has 7 heteroatoms. The number of aliphatic hydroxyl groups is 1. The van der Waals surface area contributed by atoms with Crippen LogP contribution in [0.5, 0.6) is 11.5 Å². The maximum atomic E-state index is 11.2. The summed E-state index contributed by atoms with van der Waals surface area (Å²) in [5.41, 5.74) is 4.45. The normalized spacial score (nSPS) is 15.9. The first-order valence-corrected chi connectivity index (χ1v) is 10.4. The Balaban J connectivity index is 0.00000289. The van der Waals surface area contributed by atoms with Crippen LogP contribution in [0.4, 0.5) is 0 Å². The molecule has 0 aliphatic heterocycles. The summed E-state index contributed by atoms with van der Waals surface area (Å²) in [6.45, 7) is 2.40. The van der Waals surface area contributed by atoms with E-state index in [-0.39, 0.29) is 41.2 Å². The van der Waals surface area contributed by atoms with E-state index >= 15 is 0 Å². The molecule has 0 saturated carbocycles. The van der Waals surface area contributed by atoms with Gasteiger partial charge in [0.2, 0.25) is 0 Å². The van der Waals surface area contributed by atoms with Gasteiger partial charge in [-0.3, -0.25) is 4.98 Å². The van der Waals surface area contributed by atoms with Crippen molar-refractivity contribution in [3.63, 3.8) is 0 Å². The van der Waals surface area contributed by atoms with Crippen molar-refractivity contribution in [1.82, 2.24) is 10.3 Å². The molecule has 162 valence electrons. The second kappa shape index (κ2) is 11.1. The molecular weight excluding hydrogens is 415 g/mol. The van der Waals surface area contributed by atoms with Gasteiger partial charge in [0.25, 0.3) is 0 Å². The third kappa shape index (κ3) is 6.18. The van der Waals surface area contributed by atoms with Gasteiger partial charge < -0.3 is 20.3 Å². The van der Waals surface area contributed by atoms with Crippen LogP contribution in [0, 0.1) is 6.92 Å². The Morgan fingerprint density at radius 1 is 1.16 bits per heavy atom. The number of hydrogen-bond donors (Lipinski definition) is 3. The average molecular weight is 442 g/mol. The molecule has 0 unspecified atom stereocenters. The predicted octanol–water partition coefficient (Wildman–Crippen LogP) is 3.41. The minimum absolute atomic E-state index is 0. The van der Waals surface area contributed by atoms with E-state index in [4.69, 9.17) is 9.84 Å². The Morgan fingerprint density at radius 3 is 2.72 bits per heavy atom. The number of benzene rings is 2. The van der Waals surface area contributed by atoms with E-state index < -0.39 is 12.1 Å². The number of rotatable bonds is 7. The molecule has 0 bridgehead atoms. The van der Waals surface area contributed by atoms with E-state index in [0.717, 1.165) is 30.5 Å². The first-order chi connectivity index (χ1) is 15.0. The fourth-order valence-electron chi connectivity index (χ4n) is 3.87. The molecule has 0 amide bonds. The number of hydrogen-bond acceptors (Lipinski definition) is 5. The minimum atomic E-state index is -0.978. The van der Waals surface area contributed by atoms with Gasteiger partial charge in [-0.05, 0) is 73.7 Å². The number of aromatic carboxylic acids is 1. The molecule has 32 heavy (non-hydrogen) atoms. The molecule has 1 aromatic heterocycles. The molecule has 0 radical (unpaired) electrons. The van der Waals surface area contributed by atoms with Crippen LogP contribution in [0.1, 0.15) is 45.3 Å². The number of pyridine rings is 1. The summed E-state index contributed by atoms with van der Waals surface area (Å²) in [5.74, 6) is 0.210. The van der Waals surface area contributed by atoms with Crippen molar-refractivity contribution in [3.8, 4) is 11.5 Å². The molecule has 1 aliphatic carbocycles. The molecule has 0 spiro atoms. The Labute approximate surface area is 210 Å². The monoisotopic (exact) mass is 442 g/mol. The topological polar surface area (TPSA) is 91.7 Å². The van der Waals surface area contributed by atoms with Crippen molar-refractivity contribution in [1.29, 1.82) is 0 Å². The number of aryl methyl sites for hydroxylation is 2. The molecule has 2 atom stereocenters.